The summed E-state index contributed by atoms with van der Waals surface area (Å²) in [6.45, 7) is 5.79. The molecule has 0 radical (unpaired) electrons. The number of aromatic nitrogens is 2. The number of rotatable bonds is 3. The van der Waals surface area contributed by atoms with Crippen molar-refractivity contribution in [1.29, 1.82) is 0 Å². The minimum atomic E-state index is 0.225. The number of carbonyl (C=O) groups excluding carboxylic acids is 1. The molecule has 3 heterocycles. The van der Waals surface area contributed by atoms with Crippen LogP contribution >= 0.6 is 0 Å². The van der Waals surface area contributed by atoms with Crippen molar-refractivity contribution >= 4 is 5.91 Å². The van der Waals surface area contributed by atoms with Crippen LogP contribution < -0.4 is 5.32 Å². The lowest BCUT2D eigenvalue weighted by atomic mass is 9.88. The number of likely N-dealkylation sites (tertiary alicyclic amines) is 1. The van der Waals surface area contributed by atoms with Crippen LogP contribution in [-0.2, 0) is 4.79 Å². The van der Waals surface area contributed by atoms with Gasteiger partial charge in [0.05, 0.1) is 6.20 Å². The summed E-state index contributed by atoms with van der Waals surface area (Å²) in [5, 5.41) is 10.9. The molecular formula is C21H28N4O. The average Bonchev–Trinajstić information content (AvgIpc) is 3.18. The lowest BCUT2D eigenvalue weighted by molar-refractivity contribution is -0.137. The van der Waals surface area contributed by atoms with E-state index in [0.29, 0.717) is 11.8 Å². The van der Waals surface area contributed by atoms with E-state index < -0.39 is 0 Å². The first-order chi connectivity index (χ1) is 12.7. The van der Waals surface area contributed by atoms with Crippen molar-refractivity contribution < 1.29 is 4.79 Å². The van der Waals surface area contributed by atoms with Crippen LogP contribution in [0.4, 0.5) is 0 Å². The molecule has 0 aliphatic carbocycles. The molecule has 0 atom stereocenters. The molecule has 0 saturated carbocycles. The minimum Gasteiger partial charge on any atom is -0.342 e. The van der Waals surface area contributed by atoms with E-state index in [1.54, 1.807) is 0 Å². The van der Waals surface area contributed by atoms with E-state index >= 15 is 0 Å². The summed E-state index contributed by atoms with van der Waals surface area (Å²) in [5.74, 6) is 1.04. The van der Waals surface area contributed by atoms with Gasteiger partial charge in [-0.25, -0.2) is 0 Å². The summed E-state index contributed by atoms with van der Waals surface area (Å²) in [4.78, 5) is 14.8. The molecule has 2 aliphatic rings. The Morgan fingerprint density at radius 3 is 2.65 bits per heavy atom. The van der Waals surface area contributed by atoms with Gasteiger partial charge in [0.1, 0.15) is 0 Å². The topological polar surface area (TPSA) is 61.0 Å². The summed E-state index contributed by atoms with van der Waals surface area (Å²) >= 11 is 0. The molecule has 1 aromatic carbocycles. The Hall–Kier alpha value is -2.14. The van der Waals surface area contributed by atoms with Crippen molar-refractivity contribution in [1.82, 2.24) is 20.4 Å². The number of aromatic amines is 1. The van der Waals surface area contributed by atoms with Crippen LogP contribution in [0.15, 0.2) is 30.5 Å². The van der Waals surface area contributed by atoms with E-state index in [0.717, 1.165) is 51.9 Å². The number of carbonyl (C=O) groups is 1. The van der Waals surface area contributed by atoms with Gasteiger partial charge in [0, 0.05) is 36.2 Å². The van der Waals surface area contributed by atoms with Crippen LogP contribution in [0.3, 0.4) is 0 Å². The van der Waals surface area contributed by atoms with Crippen LogP contribution in [0.1, 0.15) is 42.9 Å². The molecular weight excluding hydrogens is 324 g/mol. The van der Waals surface area contributed by atoms with Gasteiger partial charge in [-0.1, -0.05) is 29.8 Å². The van der Waals surface area contributed by atoms with Crippen molar-refractivity contribution in [3.8, 4) is 11.1 Å². The molecule has 1 aromatic heterocycles. The average molecular weight is 352 g/mol. The van der Waals surface area contributed by atoms with E-state index in [4.69, 9.17) is 0 Å². The van der Waals surface area contributed by atoms with Gasteiger partial charge in [-0.05, 0) is 51.3 Å². The smallest absolute Gasteiger partial charge is 0.225 e. The number of piperidine rings is 2. The highest BCUT2D eigenvalue weighted by atomic mass is 16.2. The molecule has 26 heavy (non-hydrogen) atoms. The fourth-order valence-corrected chi connectivity index (χ4v) is 4.37. The predicted octanol–water partition coefficient (Wildman–Crippen LogP) is 3.09. The predicted molar refractivity (Wildman–Crippen MR) is 103 cm³/mol. The van der Waals surface area contributed by atoms with Gasteiger partial charge in [-0.2, -0.15) is 5.10 Å². The molecule has 5 heteroatoms. The van der Waals surface area contributed by atoms with Crippen molar-refractivity contribution in [3.05, 3.63) is 41.7 Å². The van der Waals surface area contributed by atoms with Crippen molar-refractivity contribution in [2.24, 2.45) is 5.92 Å². The Morgan fingerprint density at radius 2 is 1.92 bits per heavy atom. The van der Waals surface area contributed by atoms with E-state index in [9.17, 15) is 4.79 Å². The molecule has 2 fully saturated rings. The van der Waals surface area contributed by atoms with Crippen LogP contribution in [-0.4, -0.2) is 47.2 Å². The molecule has 2 saturated heterocycles. The van der Waals surface area contributed by atoms with Crippen molar-refractivity contribution in [2.75, 3.05) is 26.2 Å². The first kappa shape index (κ1) is 17.3. The number of nitrogens with zero attached hydrogens (tertiary/aromatic N) is 2. The zero-order chi connectivity index (χ0) is 17.9. The number of hydrogen-bond acceptors (Lipinski definition) is 3. The molecule has 0 spiro atoms. The maximum absolute atomic E-state index is 12.8. The molecule has 2 aliphatic heterocycles. The van der Waals surface area contributed by atoms with E-state index in [1.807, 2.05) is 6.20 Å². The third-order valence-corrected chi connectivity index (χ3v) is 5.90. The van der Waals surface area contributed by atoms with Gasteiger partial charge >= 0.3 is 0 Å². The molecule has 138 valence electrons. The van der Waals surface area contributed by atoms with Gasteiger partial charge in [-0.3, -0.25) is 9.89 Å². The minimum absolute atomic E-state index is 0.225. The third-order valence-electron chi connectivity index (χ3n) is 5.90. The number of benzene rings is 1. The van der Waals surface area contributed by atoms with Gasteiger partial charge in [0.2, 0.25) is 5.91 Å². The van der Waals surface area contributed by atoms with Crippen LogP contribution in [0.5, 0.6) is 0 Å². The van der Waals surface area contributed by atoms with Crippen LogP contribution in [0, 0.1) is 12.8 Å². The fraction of sp³-hybridized carbons (Fsp3) is 0.524. The maximum atomic E-state index is 12.8. The van der Waals surface area contributed by atoms with Crippen molar-refractivity contribution in [2.45, 2.75) is 38.5 Å². The molecule has 2 N–H and O–H groups in total. The second-order valence-corrected chi connectivity index (χ2v) is 7.69. The highest BCUT2D eigenvalue weighted by Gasteiger charge is 2.30. The molecule has 5 nitrogen and oxygen atoms in total. The normalized spacial score (nSPS) is 19.7. The number of H-pyrrole nitrogens is 1. The van der Waals surface area contributed by atoms with Gasteiger partial charge in [0.15, 0.2) is 0 Å². The van der Waals surface area contributed by atoms with Crippen LogP contribution in [0.25, 0.3) is 11.1 Å². The van der Waals surface area contributed by atoms with Crippen LogP contribution in [0.2, 0.25) is 0 Å². The number of hydrogen-bond donors (Lipinski definition) is 2. The number of amides is 1. The monoisotopic (exact) mass is 352 g/mol. The fourth-order valence-electron chi connectivity index (χ4n) is 4.37. The zero-order valence-electron chi connectivity index (χ0n) is 15.5. The largest absolute Gasteiger partial charge is 0.342 e. The lowest BCUT2D eigenvalue weighted by Gasteiger charge is -2.35. The second-order valence-electron chi connectivity index (χ2n) is 7.69. The lowest BCUT2D eigenvalue weighted by Crippen LogP contribution is -2.44. The Balaban J connectivity index is 1.43. The quantitative estimate of drug-likeness (QED) is 0.892. The summed E-state index contributed by atoms with van der Waals surface area (Å²) in [6, 6.07) is 8.58. The number of nitrogens with one attached hydrogen (secondary N) is 2. The van der Waals surface area contributed by atoms with E-state index in [2.05, 4.69) is 51.6 Å². The summed E-state index contributed by atoms with van der Waals surface area (Å²) in [6.07, 6.45) is 5.93. The molecule has 2 aromatic rings. The Kier molecular flexibility index (Phi) is 5.07. The zero-order valence-corrected chi connectivity index (χ0v) is 15.5. The van der Waals surface area contributed by atoms with E-state index in [-0.39, 0.29) is 5.92 Å². The SMILES string of the molecule is Cc1cccc(-c2cn[nH]c2C2CCN(C(=O)C3CCNCC3)CC2)c1. The molecule has 0 bridgehead atoms. The van der Waals surface area contributed by atoms with Gasteiger partial charge < -0.3 is 10.2 Å². The summed E-state index contributed by atoms with van der Waals surface area (Å²) < 4.78 is 0. The third kappa shape index (κ3) is 3.54. The molecule has 0 unspecified atom stereocenters. The molecule has 4 rings (SSSR count). The van der Waals surface area contributed by atoms with Gasteiger partial charge in [0.25, 0.3) is 0 Å². The Bertz CT molecular complexity index is 755. The summed E-state index contributed by atoms with van der Waals surface area (Å²) in [7, 11) is 0. The first-order valence-electron chi connectivity index (χ1n) is 9.82. The highest BCUT2D eigenvalue weighted by molar-refractivity contribution is 5.79. The van der Waals surface area contributed by atoms with E-state index in [1.165, 1.54) is 22.4 Å². The standard InChI is InChI=1S/C21H28N4O/c1-15-3-2-4-18(13-15)19-14-23-24-20(19)16-7-11-25(12-8-16)21(26)17-5-9-22-10-6-17/h2-4,13-14,16-17,22H,5-12H2,1H3,(H,23,24). The molecule has 1 amide bonds. The van der Waals surface area contributed by atoms with Gasteiger partial charge in [-0.15, -0.1) is 0 Å². The maximum Gasteiger partial charge on any atom is 0.225 e. The number of aryl methyl sites for hydroxylation is 1. The highest BCUT2D eigenvalue weighted by Crippen LogP contribution is 2.34. The van der Waals surface area contributed by atoms with Crippen molar-refractivity contribution in [3.63, 3.8) is 0 Å². The Morgan fingerprint density at radius 1 is 1.15 bits per heavy atom. The Labute approximate surface area is 155 Å². The summed E-state index contributed by atoms with van der Waals surface area (Å²) in [5.41, 5.74) is 4.92. The first-order valence-corrected chi connectivity index (χ1v) is 9.82. The second kappa shape index (κ2) is 7.62.